The van der Waals surface area contributed by atoms with Gasteiger partial charge in [0.1, 0.15) is 5.75 Å². The largest absolute Gasteiger partial charge is 0.481 e. The molecular weight excluding hydrogens is 358 g/mol. The lowest BCUT2D eigenvalue weighted by Gasteiger charge is -2.23. The van der Waals surface area contributed by atoms with Crippen LogP contribution in [0.2, 0.25) is 0 Å². The molecular formula is C18H25NO6S. The van der Waals surface area contributed by atoms with Crippen molar-refractivity contribution in [2.45, 2.75) is 37.8 Å². The second-order valence-corrected chi connectivity index (χ2v) is 8.76. The number of amides is 1. The first-order valence-electron chi connectivity index (χ1n) is 8.59. The van der Waals surface area contributed by atoms with E-state index in [2.05, 4.69) is 0 Å². The number of sulfone groups is 1. The van der Waals surface area contributed by atoms with E-state index in [-0.39, 0.29) is 24.8 Å². The van der Waals surface area contributed by atoms with E-state index in [1.165, 1.54) is 12.0 Å². The average Bonchev–Trinajstić information content (AvgIpc) is 2.97. The molecule has 8 heteroatoms. The van der Waals surface area contributed by atoms with Crippen molar-refractivity contribution in [1.29, 1.82) is 0 Å². The minimum atomic E-state index is -3.54. The summed E-state index contributed by atoms with van der Waals surface area (Å²) >= 11 is 0. The third kappa shape index (κ3) is 6.10. The van der Waals surface area contributed by atoms with Crippen molar-refractivity contribution >= 4 is 21.7 Å². The Hall–Kier alpha value is -1.93. The van der Waals surface area contributed by atoms with Crippen LogP contribution in [0.3, 0.4) is 0 Å². The molecule has 0 radical (unpaired) electrons. The molecule has 1 aromatic rings. The van der Waals surface area contributed by atoms with Crippen LogP contribution in [-0.4, -0.2) is 67.6 Å². The predicted octanol–water partition coefficient (Wildman–Crippen LogP) is 1.12. The SMILES string of the molecule is COC1CC(CC(=O)O)N(C(=O)CS(=O)(=O)CCCc2ccccc2)C1. The van der Waals surface area contributed by atoms with Crippen LogP contribution in [0.4, 0.5) is 0 Å². The van der Waals surface area contributed by atoms with Gasteiger partial charge < -0.3 is 14.7 Å². The fourth-order valence-electron chi connectivity index (χ4n) is 3.23. The van der Waals surface area contributed by atoms with Gasteiger partial charge in [-0.1, -0.05) is 30.3 Å². The molecule has 144 valence electrons. The molecule has 2 rings (SSSR count). The van der Waals surface area contributed by atoms with Crippen LogP contribution in [0, 0.1) is 0 Å². The zero-order valence-electron chi connectivity index (χ0n) is 14.8. The number of methoxy groups -OCH3 is 1. The Balaban J connectivity index is 1.90. The van der Waals surface area contributed by atoms with E-state index in [4.69, 9.17) is 9.84 Å². The van der Waals surface area contributed by atoms with Gasteiger partial charge in [0.05, 0.1) is 18.3 Å². The average molecular weight is 383 g/mol. The number of carbonyl (C=O) groups is 2. The van der Waals surface area contributed by atoms with Crippen LogP contribution in [0.25, 0.3) is 0 Å². The maximum atomic E-state index is 12.4. The molecule has 1 saturated heterocycles. The maximum Gasteiger partial charge on any atom is 0.305 e. The Morgan fingerprint density at radius 3 is 2.58 bits per heavy atom. The first-order chi connectivity index (χ1) is 12.3. The molecule has 1 aliphatic heterocycles. The summed E-state index contributed by atoms with van der Waals surface area (Å²) in [5.74, 6) is -2.22. The van der Waals surface area contributed by atoms with Crippen molar-refractivity contribution in [3.05, 3.63) is 35.9 Å². The molecule has 0 aliphatic carbocycles. The molecule has 2 unspecified atom stereocenters. The molecule has 26 heavy (non-hydrogen) atoms. The molecule has 1 fully saturated rings. The predicted molar refractivity (Wildman–Crippen MR) is 96.6 cm³/mol. The third-order valence-electron chi connectivity index (χ3n) is 4.55. The maximum absolute atomic E-state index is 12.4. The second-order valence-electron chi connectivity index (χ2n) is 6.57. The van der Waals surface area contributed by atoms with Crippen molar-refractivity contribution < 1.29 is 27.9 Å². The number of hydrogen-bond acceptors (Lipinski definition) is 5. The van der Waals surface area contributed by atoms with E-state index < -0.39 is 33.5 Å². The van der Waals surface area contributed by atoms with Gasteiger partial charge in [-0.25, -0.2) is 8.42 Å². The minimum absolute atomic E-state index is 0.0707. The van der Waals surface area contributed by atoms with E-state index >= 15 is 0 Å². The standard InChI is InChI=1S/C18H25NO6S/c1-25-16-10-15(11-18(21)22)19(12-16)17(20)13-26(23,24)9-5-8-14-6-3-2-4-7-14/h2-4,6-7,15-16H,5,8-13H2,1H3,(H,21,22). The Labute approximate surface area is 153 Å². The molecule has 0 bridgehead atoms. The number of aliphatic carboxylic acids is 1. The molecule has 0 aromatic heterocycles. The monoisotopic (exact) mass is 383 g/mol. The molecule has 1 aliphatic rings. The molecule has 1 amide bonds. The lowest BCUT2D eigenvalue weighted by Crippen LogP contribution is -2.41. The normalized spacial score (nSPS) is 20.3. The first kappa shape index (κ1) is 20.4. The van der Waals surface area contributed by atoms with Crippen molar-refractivity contribution in [2.75, 3.05) is 25.2 Å². The van der Waals surface area contributed by atoms with E-state index in [1.54, 1.807) is 0 Å². The Morgan fingerprint density at radius 2 is 1.96 bits per heavy atom. The van der Waals surface area contributed by atoms with Crippen LogP contribution in [0.15, 0.2) is 30.3 Å². The summed E-state index contributed by atoms with van der Waals surface area (Å²) in [6, 6.07) is 9.04. The van der Waals surface area contributed by atoms with E-state index in [0.717, 1.165) is 5.56 Å². The van der Waals surface area contributed by atoms with Crippen LogP contribution in [0.1, 0.15) is 24.8 Å². The van der Waals surface area contributed by atoms with Crippen molar-refractivity contribution in [2.24, 2.45) is 0 Å². The second kappa shape index (κ2) is 9.14. The summed E-state index contributed by atoms with van der Waals surface area (Å²) in [7, 11) is -2.05. The number of ether oxygens (including phenoxy) is 1. The number of nitrogens with zero attached hydrogens (tertiary/aromatic N) is 1. The van der Waals surface area contributed by atoms with E-state index in [9.17, 15) is 18.0 Å². The van der Waals surface area contributed by atoms with Gasteiger partial charge >= 0.3 is 5.97 Å². The van der Waals surface area contributed by atoms with Crippen LogP contribution in [0.5, 0.6) is 0 Å². The van der Waals surface area contributed by atoms with Gasteiger partial charge in [0.25, 0.3) is 0 Å². The zero-order valence-corrected chi connectivity index (χ0v) is 15.7. The van der Waals surface area contributed by atoms with Gasteiger partial charge in [-0.05, 0) is 24.8 Å². The number of rotatable bonds is 9. The lowest BCUT2D eigenvalue weighted by atomic mass is 10.1. The molecule has 1 N–H and O–H groups in total. The zero-order chi connectivity index (χ0) is 19.2. The van der Waals surface area contributed by atoms with Crippen LogP contribution < -0.4 is 0 Å². The van der Waals surface area contributed by atoms with Crippen molar-refractivity contribution in [3.8, 4) is 0 Å². The quantitative estimate of drug-likeness (QED) is 0.686. The van der Waals surface area contributed by atoms with Gasteiger partial charge in [-0.3, -0.25) is 9.59 Å². The smallest absolute Gasteiger partial charge is 0.305 e. The molecule has 0 spiro atoms. The minimum Gasteiger partial charge on any atom is -0.481 e. The summed E-state index contributed by atoms with van der Waals surface area (Å²) in [6.45, 7) is 0.229. The Morgan fingerprint density at radius 1 is 1.27 bits per heavy atom. The Bertz CT molecular complexity index is 718. The summed E-state index contributed by atoms with van der Waals surface area (Å²) in [4.78, 5) is 24.8. The van der Waals surface area contributed by atoms with E-state index in [0.29, 0.717) is 19.3 Å². The highest BCUT2D eigenvalue weighted by atomic mass is 32.2. The highest BCUT2D eigenvalue weighted by molar-refractivity contribution is 7.92. The molecule has 0 saturated carbocycles. The molecule has 1 aromatic carbocycles. The summed E-state index contributed by atoms with van der Waals surface area (Å²) in [5, 5.41) is 8.99. The molecule has 1 heterocycles. The molecule has 2 atom stereocenters. The van der Waals surface area contributed by atoms with Gasteiger partial charge in [0.2, 0.25) is 5.91 Å². The molecule has 7 nitrogen and oxygen atoms in total. The fraction of sp³-hybridized carbons (Fsp3) is 0.556. The summed E-state index contributed by atoms with van der Waals surface area (Å²) < 4.78 is 29.8. The highest BCUT2D eigenvalue weighted by Gasteiger charge is 2.37. The van der Waals surface area contributed by atoms with Crippen LogP contribution >= 0.6 is 0 Å². The highest BCUT2D eigenvalue weighted by Crippen LogP contribution is 2.23. The number of benzene rings is 1. The van der Waals surface area contributed by atoms with Gasteiger partial charge in [0.15, 0.2) is 9.84 Å². The number of likely N-dealkylation sites (tertiary alicyclic amines) is 1. The topological polar surface area (TPSA) is 101 Å². The Kier molecular flexibility index (Phi) is 7.16. The lowest BCUT2D eigenvalue weighted by molar-refractivity contribution is -0.139. The third-order valence-corrected chi connectivity index (χ3v) is 6.14. The van der Waals surface area contributed by atoms with Gasteiger partial charge in [-0.15, -0.1) is 0 Å². The van der Waals surface area contributed by atoms with E-state index in [1.807, 2.05) is 30.3 Å². The number of carboxylic acids is 1. The first-order valence-corrected chi connectivity index (χ1v) is 10.4. The number of carbonyl (C=O) groups excluding carboxylic acids is 1. The number of carboxylic acid groups (broad SMARTS) is 1. The fourth-order valence-corrected chi connectivity index (χ4v) is 4.50. The van der Waals surface area contributed by atoms with Crippen LogP contribution in [-0.2, 0) is 30.6 Å². The van der Waals surface area contributed by atoms with Crippen molar-refractivity contribution in [3.63, 3.8) is 0 Å². The number of hydrogen-bond donors (Lipinski definition) is 1. The summed E-state index contributed by atoms with van der Waals surface area (Å²) in [5.41, 5.74) is 1.05. The van der Waals surface area contributed by atoms with Crippen molar-refractivity contribution in [1.82, 2.24) is 4.90 Å². The van der Waals surface area contributed by atoms with Gasteiger partial charge in [0, 0.05) is 19.7 Å². The summed E-state index contributed by atoms with van der Waals surface area (Å²) in [6.07, 6.45) is 1.01. The number of aryl methyl sites for hydroxylation is 1. The van der Waals surface area contributed by atoms with Gasteiger partial charge in [-0.2, -0.15) is 0 Å².